The number of methoxy groups -OCH3 is 1. The zero-order valence-electron chi connectivity index (χ0n) is 11.7. The Labute approximate surface area is 122 Å². The third kappa shape index (κ3) is 3.79. The Hall–Kier alpha value is -2.89. The molecular weight excluding hydrogens is 270 g/mol. The zero-order chi connectivity index (χ0) is 15.2. The molecule has 6 heteroatoms. The van der Waals surface area contributed by atoms with Gasteiger partial charge in [-0.05, 0) is 48.9 Å². The zero-order valence-corrected chi connectivity index (χ0v) is 11.7. The van der Waals surface area contributed by atoms with E-state index in [-0.39, 0.29) is 5.69 Å². The lowest BCUT2D eigenvalue weighted by Gasteiger charge is -2.05. The van der Waals surface area contributed by atoms with Crippen LogP contribution in [0.4, 0.5) is 11.4 Å². The number of ether oxygens (including phenoxy) is 1. The molecule has 0 radical (unpaired) electrons. The largest absolute Gasteiger partial charge is 0.497 e. The summed E-state index contributed by atoms with van der Waals surface area (Å²) < 4.78 is 5.10. The monoisotopic (exact) mass is 285 g/mol. The predicted molar refractivity (Wildman–Crippen MR) is 81.9 cm³/mol. The first kappa shape index (κ1) is 14.5. The Kier molecular flexibility index (Phi) is 4.50. The number of nitrogens with zero attached hydrogens (tertiary/aromatic N) is 2. The molecule has 0 unspecified atom stereocenters. The molecule has 0 aromatic heterocycles. The van der Waals surface area contributed by atoms with Crippen molar-refractivity contribution < 1.29 is 9.66 Å². The molecule has 0 aliphatic rings. The van der Waals surface area contributed by atoms with E-state index in [4.69, 9.17) is 4.74 Å². The van der Waals surface area contributed by atoms with Gasteiger partial charge < -0.3 is 4.74 Å². The van der Waals surface area contributed by atoms with Gasteiger partial charge in [-0.15, -0.1) is 0 Å². The Balaban J connectivity index is 2.06. The number of rotatable bonds is 5. The number of nitrogens with one attached hydrogen (secondary N) is 1. The van der Waals surface area contributed by atoms with Crippen LogP contribution in [0, 0.1) is 10.1 Å². The Morgan fingerprint density at radius 2 is 1.76 bits per heavy atom. The van der Waals surface area contributed by atoms with E-state index >= 15 is 0 Å². The van der Waals surface area contributed by atoms with Crippen LogP contribution in [0.25, 0.3) is 0 Å². The van der Waals surface area contributed by atoms with Gasteiger partial charge in [-0.2, -0.15) is 5.10 Å². The molecule has 2 aromatic rings. The topological polar surface area (TPSA) is 76.8 Å². The van der Waals surface area contributed by atoms with Crippen molar-refractivity contribution in [2.24, 2.45) is 5.10 Å². The lowest BCUT2D eigenvalue weighted by molar-refractivity contribution is -0.384. The van der Waals surface area contributed by atoms with E-state index < -0.39 is 4.92 Å². The van der Waals surface area contributed by atoms with Gasteiger partial charge in [0.2, 0.25) is 0 Å². The van der Waals surface area contributed by atoms with Crippen molar-refractivity contribution in [2.45, 2.75) is 6.92 Å². The van der Waals surface area contributed by atoms with Crippen molar-refractivity contribution in [3.8, 4) is 5.75 Å². The highest BCUT2D eigenvalue weighted by Gasteiger charge is 2.03. The Bertz CT molecular complexity index is 649. The van der Waals surface area contributed by atoms with Gasteiger partial charge in [0.05, 0.1) is 23.4 Å². The summed E-state index contributed by atoms with van der Waals surface area (Å²) in [5.74, 6) is 0.787. The number of non-ortho nitro benzene ring substituents is 1. The maximum atomic E-state index is 10.6. The van der Waals surface area contributed by atoms with Crippen LogP contribution in [0.5, 0.6) is 5.75 Å². The smallest absolute Gasteiger partial charge is 0.269 e. The highest BCUT2D eigenvalue weighted by atomic mass is 16.6. The molecule has 108 valence electrons. The summed E-state index contributed by atoms with van der Waals surface area (Å²) in [6, 6.07) is 13.6. The number of hydrogen-bond acceptors (Lipinski definition) is 5. The molecule has 0 amide bonds. The van der Waals surface area contributed by atoms with Crippen LogP contribution < -0.4 is 10.2 Å². The van der Waals surface area contributed by atoms with E-state index in [0.29, 0.717) is 5.69 Å². The van der Waals surface area contributed by atoms with E-state index in [2.05, 4.69) is 10.5 Å². The van der Waals surface area contributed by atoms with Gasteiger partial charge in [0, 0.05) is 12.1 Å². The molecule has 2 aromatic carbocycles. The van der Waals surface area contributed by atoms with Gasteiger partial charge in [-0.25, -0.2) is 0 Å². The fourth-order valence-electron chi connectivity index (χ4n) is 1.70. The minimum atomic E-state index is -0.435. The maximum Gasteiger partial charge on any atom is 0.269 e. The normalized spacial score (nSPS) is 11.0. The molecular formula is C15H15N3O3. The molecule has 21 heavy (non-hydrogen) atoms. The van der Waals surface area contributed by atoms with Crippen molar-refractivity contribution in [1.82, 2.24) is 0 Å². The number of nitro benzene ring substituents is 1. The Morgan fingerprint density at radius 1 is 1.14 bits per heavy atom. The number of nitro groups is 1. The highest BCUT2D eigenvalue weighted by molar-refractivity contribution is 5.99. The fraction of sp³-hybridized carbons (Fsp3) is 0.133. The van der Waals surface area contributed by atoms with Gasteiger partial charge in [0.1, 0.15) is 5.75 Å². The minimum Gasteiger partial charge on any atom is -0.497 e. The van der Waals surface area contributed by atoms with Crippen LogP contribution in [0.15, 0.2) is 53.6 Å². The van der Waals surface area contributed by atoms with Crippen LogP contribution in [0.3, 0.4) is 0 Å². The molecule has 0 atom stereocenters. The standard InChI is InChI=1S/C15H15N3O3/c1-11(12-3-9-15(21-2)10-4-12)16-17-13-5-7-14(8-6-13)18(19)20/h3-10,17H,1-2H3/b16-11+. The molecule has 0 spiro atoms. The van der Waals surface area contributed by atoms with E-state index in [1.54, 1.807) is 19.2 Å². The van der Waals surface area contributed by atoms with Crippen molar-refractivity contribution in [1.29, 1.82) is 0 Å². The lowest BCUT2D eigenvalue weighted by atomic mass is 10.1. The van der Waals surface area contributed by atoms with E-state index in [1.807, 2.05) is 31.2 Å². The first-order valence-corrected chi connectivity index (χ1v) is 6.29. The number of hydrogen-bond donors (Lipinski definition) is 1. The van der Waals surface area contributed by atoms with Crippen LogP contribution >= 0.6 is 0 Å². The van der Waals surface area contributed by atoms with Crippen LogP contribution in [0.1, 0.15) is 12.5 Å². The second kappa shape index (κ2) is 6.51. The molecule has 1 N–H and O–H groups in total. The quantitative estimate of drug-likeness (QED) is 0.518. The molecule has 0 saturated carbocycles. The van der Waals surface area contributed by atoms with Crippen molar-refractivity contribution in [2.75, 3.05) is 12.5 Å². The average molecular weight is 285 g/mol. The number of anilines is 1. The number of hydrazone groups is 1. The van der Waals surface area contributed by atoms with Gasteiger partial charge in [0.15, 0.2) is 0 Å². The molecule has 0 heterocycles. The minimum absolute atomic E-state index is 0.0522. The van der Waals surface area contributed by atoms with Gasteiger partial charge >= 0.3 is 0 Å². The summed E-state index contributed by atoms with van der Waals surface area (Å²) in [5, 5.41) is 14.8. The number of benzene rings is 2. The van der Waals surface area contributed by atoms with E-state index in [9.17, 15) is 10.1 Å². The van der Waals surface area contributed by atoms with Gasteiger partial charge in [0.25, 0.3) is 5.69 Å². The van der Waals surface area contributed by atoms with Gasteiger partial charge in [-0.1, -0.05) is 0 Å². The first-order valence-electron chi connectivity index (χ1n) is 6.29. The van der Waals surface area contributed by atoms with Crippen LogP contribution in [-0.4, -0.2) is 17.7 Å². The summed E-state index contributed by atoms with van der Waals surface area (Å²) in [6.07, 6.45) is 0. The summed E-state index contributed by atoms with van der Waals surface area (Å²) in [5.41, 5.74) is 5.38. The maximum absolute atomic E-state index is 10.6. The molecule has 0 saturated heterocycles. The fourth-order valence-corrected chi connectivity index (χ4v) is 1.70. The second-order valence-electron chi connectivity index (χ2n) is 4.34. The third-order valence-corrected chi connectivity index (χ3v) is 2.94. The molecule has 0 aliphatic carbocycles. The first-order chi connectivity index (χ1) is 10.1. The predicted octanol–water partition coefficient (Wildman–Crippen LogP) is 3.44. The van der Waals surface area contributed by atoms with Crippen LogP contribution in [-0.2, 0) is 0 Å². The molecule has 0 bridgehead atoms. The SMILES string of the molecule is COc1ccc(/C(C)=N/Nc2ccc([N+](=O)[O-])cc2)cc1. The van der Waals surface area contributed by atoms with Gasteiger partial charge in [-0.3, -0.25) is 15.5 Å². The van der Waals surface area contributed by atoms with Crippen molar-refractivity contribution in [3.05, 3.63) is 64.2 Å². The summed E-state index contributed by atoms with van der Waals surface area (Å²) in [6.45, 7) is 1.88. The average Bonchev–Trinajstić information content (AvgIpc) is 2.53. The van der Waals surface area contributed by atoms with E-state index in [1.165, 1.54) is 12.1 Å². The summed E-state index contributed by atoms with van der Waals surface area (Å²) in [7, 11) is 1.62. The molecule has 0 aliphatic heterocycles. The van der Waals surface area contributed by atoms with Crippen LogP contribution in [0.2, 0.25) is 0 Å². The second-order valence-corrected chi connectivity index (χ2v) is 4.34. The highest BCUT2D eigenvalue weighted by Crippen LogP contribution is 2.16. The molecule has 0 fully saturated rings. The van der Waals surface area contributed by atoms with E-state index in [0.717, 1.165) is 17.0 Å². The summed E-state index contributed by atoms with van der Waals surface area (Å²) in [4.78, 5) is 10.1. The van der Waals surface area contributed by atoms with Crippen molar-refractivity contribution >= 4 is 17.1 Å². The lowest BCUT2D eigenvalue weighted by Crippen LogP contribution is -1.99. The Morgan fingerprint density at radius 3 is 2.29 bits per heavy atom. The van der Waals surface area contributed by atoms with Crippen molar-refractivity contribution in [3.63, 3.8) is 0 Å². The third-order valence-electron chi connectivity index (χ3n) is 2.94. The molecule has 6 nitrogen and oxygen atoms in total. The summed E-state index contributed by atoms with van der Waals surface area (Å²) >= 11 is 0. The molecule has 2 rings (SSSR count).